The van der Waals surface area contributed by atoms with Crippen LogP contribution in [0.25, 0.3) is 0 Å². The monoisotopic (exact) mass is 979 g/mol. The van der Waals surface area contributed by atoms with E-state index in [1.807, 2.05) is 27.2 Å². The Morgan fingerprint density at radius 3 is 1.19 bits per heavy atom. The van der Waals surface area contributed by atoms with E-state index in [9.17, 15) is 19.4 Å². The van der Waals surface area contributed by atoms with Crippen molar-refractivity contribution in [3.8, 4) is 0 Å². The van der Waals surface area contributed by atoms with Gasteiger partial charge in [0.1, 0.15) is 13.2 Å². The molecule has 0 spiro atoms. The molecule has 0 saturated carbocycles. The number of aliphatic hydroxyl groups excluding tert-OH is 1. The van der Waals surface area contributed by atoms with Gasteiger partial charge in [0.25, 0.3) is 7.82 Å². The number of phosphoric acid groups is 1. The van der Waals surface area contributed by atoms with Gasteiger partial charge in [0.05, 0.1) is 39.9 Å². The second-order valence-corrected chi connectivity index (χ2v) is 22.8. The molecule has 0 heterocycles. The lowest BCUT2D eigenvalue weighted by molar-refractivity contribution is -0.870. The zero-order valence-electron chi connectivity index (χ0n) is 45.8. The van der Waals surface area contributed by atoms with Gasteiger partial charge in [-0.05, 0) is 44.9 Å². The molecule has 0 bridgehead atoms. The van der Waals surface area contributed by atoms with E-state index in [0.29, 0.717) is 17.4 Å². The normalized spacial score (nSPS) is 14.2. The number of hydrogen-bond donors (Lipinski definition) is 2. The lowest BCUT2D eigenvalue weighted by Crippen LogP contribution is -2.45. The summed E-state index contributed by atoms with van der Waals surface area (Å²) in [7, 11) is 1.24. The number of hydrogen-bond acceptors (Lipinski definition) is 6. The van der Waals surface area contributed by atoms with Crippen molar-refractivity contribution in [3.05, 3.63) is 36.5 Å². The number of amides is 1. The Morgan fingerprint density at radius 1 is 0.500 bits per heavy atom. The predicted molar refractivity (Wildman–Crippen MR) is 293 cm³/mol. The summed E-state index contributed by atoms with van der Waals surface area (Å²) in [6.45, 7) is 4.65. The minimum atomic E-state index is -4.60. The molecule has 0 radical (unpaired) electrons. The zero-order chi connectivity index (χ0) is 49.9. The van der Waals surface area contributed by atoms with E-state index >= 15 is 0 Å². The number of rotatable bonds is 54. The Hall–Kier alpha value is -1.28. The fourth-order valence-corrected chi connectivity index (χ4v) is 9.44. The Morgan fingerprint density at radius 2 is 0.824 bits per heavy atom. The molecule has 2 N–H and O–H groups in total. The molecule has 9 heteroatoms. The van der Waals surface area contributed by atoms with Gasteiger partial charge in [-0.1, -0.05) is 269 Å². The smallest absolute Gasteiger partial charge is 0.268 e. The molecule has 3 atom stereocenters. The highest BCUT2D eigenvalue weighted by atomic mass is 31.2. The molecule has 0 aromatic heterocycles. The van der Waals surface area contributed by atoms with Gasteiger partial charge in [0.2, 0.25) is 5.91 Å². The van der Waals surface area contributed by atoms with E-state index in [0.717, 1.165) is 44.9 Å². The Kier molecular flexibility index (Phi) is 49.7. The number of phosphoric ester groups is 1. The second kappa shape index (κ2) is 50.7. The van der Waals surface area contributed by atoms with Crippen LogP contribution in [0.4, 0.5) is 0 Å². The summed E-state index contributed by atoms with van der Waals surface area (Å²) in [5.74, 6) is -0.209. The largest absolute Gasteiger partial charge is 0.756 e. The van der Waals surface area contributed by atoms with Crippen LogP contribution in [0.1, 0.15) is 284 Å². The van der Waals surface area contributed by atoms with Crippen LogP contribution < -0.4 is 10.2 Å². The first-order chi connectivity index (χ1) is 33.0. The number of carbonyl (C=O) groups is 1. The molecular weight excluding hydrogens is 864 g/mol. The summed E-state index contributed by atoms with van der Waals surface area (Å²) in [6.07, 6.45) is 65.3. The van der Waals surface area contributed by atoms with Gasteiger partial charge in [-0.3, -0.25) is 9.36 Å². The fourth-order valence-electron chi connectivity index (χ4n) is 8.72. The molecule has 0 aromatic rings. The number of quaternary nitrogens is 1. The highest BCUT2D eigenvalue weighted by molar-refractivity contribution is 7.45. The van der Waals surface area contributed by atoms with E-state index in [1.165, 1.54) is 218 Å². The summed E-state index contributed by atoms with van der Waals surface area (Å²) in [5.41, 5.74) is 0. The van der Waals surface area contributed by atoms with Gasteiger partial charge in [-0.25, -0.2) is 0 Å². The number of likely N-dealkylation sites (N-methyl/N-ethyl adjacent to an activating group) is 1. The van der Waals surface area contributed by atoms with E-state index in [2.05, 4.69) is 43.5 Å². The predicted octanol–water partition coefficient (Wildman–Crippen LogP) is 17.1. The van der Waals surface area contributed by atoms with Crippen LogP contribution >= 0.6 is 7.82 Å². The molecule has 0 aliphatic carbocycles. The molecule has 3 unspecified atom stereocenters. The summed E-state index contributed by atoms with van der Waals surface area (Å²) in [4.78, 5) is 25.4. The molecule has 68 heavy (non-hydrogen) atoms. The molecule has 0 rings (SSSR count). The van der Waals surface area contributed by atoms with Gasteiger partial charge in [0.15, 0.2) is 0 Å². The van der Waals surface area contributed by atoms with Crippen molar-refractivity contribution in [2.24, 2.45) is 0 Å². The van der Waals surface area contributed by atoms with Crippen molar-refractivity contribution < 1.29 is 32.9 Å². The maximum Gasteiger partial charge on any atom is 0.268 e. The molecule has 0 aliphatic rings. The highest BCUT2D eigenvalue weighted by Gasteiger charge is 2.23. The van der Waals surface area contributed by atoms with Gasteiger partial charge >= 0.3 is 0 Å². The minimum Gasteiger partial charge on any atom is -0.756 e. The van der Waals surface area contributed by atoms with Crippen molar-refractivity contribution in [2.45, 2.75) is 296 Å². The molecule has 0 fully saturated rings. The van der Waals surface area contributed by atoms with Crippen molar-refractivity contribution in [1.29, 1.82) is 0 Å². The molecule has 8 nitrogen and oxygen atoms in total. The minimum absolute atomic E-state index is 0.00755. The van der Waals surface area contributed by atoms with Crippen LogP contribution in [0.2, 0.25) is 0 Å². The van der Waals surface area contributed by atoms with Gasteiger partial charge in [-0.2, -0.15) is 0 Å². The lowest BCUT2D eigenvalue weighted by atomic mass is 10.0. The van der Waals surface area contributed by atoms with Crippen molar-refractivity contribution in [3.63, 3.8) is 0 Å². The molecule has 0 aromatic carbocycles. The van der Waals surface area contributed by atoms with Crippen molar-refractivity contribution in [1.82, 2.24) is 5.32 Å². The number of nitrogens with one attached hydrogen (secondary N) is 1. The fraction of sp³-hybridized carbons (Fsp3) is 0.881. The van der Waals surface area contributed by atoms with Gasteiger partial charge in [-0.15, -0.1) is 0 Å². The van der Waals surface area contributed by atoms with Crippen LogP contribution in [-0.4, -0.2) is 68.5 Å². The van der Waals surface area contributed by atoms with Crippen molar-refractivity contribution in [2.75, 3.05) is 40.9 Å². The number of aliphatic hydroxyl groups is 1. The first-order valence-electron chi connectivity index (χ1n) is 29.4. The Bertz CT molecular complexity index is 1200. The average Bonchev–Trinajstić information content (AvgIpc) is 3.30. The van der Waals surface area contributed by atoms with E-state index in [-0.39, 0.29) is 12.5 Å². The third kappa shape index (κ3) is 52.5. The number of carbonyl (C=O) groups excluding carboxylic acids is 1. The number of nitrogens with zero attached hydrogens (tertiary/aromatic N) is 1. The third-order valence-electron chi connectivity index (χ3n) is 13.3. The van der Waals surface area contributed by atoms with E-state index < -0.39 is 26.6 Å². The second-order valence-electron chi connectivity index (χ2n) is 21.3. The average molecular weight is 980 g/mol. The van der Waals surface area contributed by atoms with E-state index in [4.69, 9.17) is 9.05 Å². The molecule has 0 aliphatic heterocycles. The van der Waals surface area contributed by atoms with Crippen molar-refractivity contribution >= 4 is 13.7 Å². The lowest BCUT2D eigenvalue weighted by Gasteiger charge is -2.29. The Labute approximate surface area is 423 Å². The quantitative estimate of drug-likeness (QED) is 0.0272. The summed E-state index contributed by atoms with van der Waals surface area (Å²) < 4.78 is 23.3. The highest BCUT2D eigenvalue weighted by Crippen LogP contribution is 2.38. The standard InChI is InChI=1S/C59H115N2O6P/c1-6-8-10-12-14-16-18-20-22-23-24-25-26-27-28-29-30-31-32-33-34-35-36-37-38-39-40-42-44-46-48-50-52-58(62)57(56-67-68(64,65)66-55-54-61(3,4)5)60-59(63)53-51-49-47-45-43-41-21-19-17-15-13-11-9-7-2/h37-38,42,44,50,52,57-58,62H,6-36,39-41,43,45-49,51,53-56H2,1-5H3,(H-,60,63,64,65)/b38-37+,44-42+,52-50+. The van der Waals surface area contributed by atoms with E-state index in [1.54, 1.807) is 6.08 Å². The third-order valence-corrected chi connectivity index (χ3v) is 14.3. The Balaban J connectivity index is 4.15. The van der Waals surface area contributed by atoms with Gasteiger partial charge < -0.3 is 28.8 Å². The summed E-state index contributed by atoms with van der Waals surface area (Å²) in [5, 5.41) is 13.8. The van der Waals surface area contributed by atoms with Gasteiger partial charge in [0, 0.05) is 6.42 Å². The van der Waals surface area contributed by atoms with Crippen LogP contribution in [-0.2, 0) is 18.4 Å². The molecular formula is C59H115N2O6P. The van der Waals surface area contributed by atoms with Crippen LogP contribution in [0.5, 0.6) is 0 Å². The number of allylic oxidation sites excluding steroid dienone is 5. The van der Waals surface area contributed by atoms with Crippen LogP contribution in [0, 0.1) is 0 Å². The first-order valence-corrected chi connectivity index (χ1v) is 30.8. The SMILES string of the molecule is CCCCCCCCCCCCCCCCCCCCCCCC/C=C/CC/C=C/CC/C=C/C(O)C(COP(=O)([O-])OCC[N+](C)(C)C)NC(=O)CCCCCCCCCCCCCCCC. The van der Waals surface area contributed by atoms with Crippen LogP contribution in [0.15, 0.2) is 36.5 Å². The maximum atomic E-state index is 12.9. The molecule has 402 valence electrons. The number of unbranched alkanes of at least 4 members (excludes halogenated alkanes) is 37. The maximum absolute atomic E-state index is 12.9. The topological polar surface area (TPSA) is 108 Å². The van der Waals surface area contributed by atoms with Crippen LogP contribution in [0.3, 0.4) is 0 Å². The summed E-state index contributed by atoms with van der Waals surface area (Å²) in [6, 6.07) is -0.907. The first kappa shape index (κ1) is 66.7. The summed E-state index contributed by atoms with van der Waals surface area (Å²) >= 11 is 0. The molecule has 0 saturated heterocycles. The molecule has 1 amide bonds. The zero-order valence-corrected chi connectivity index (χ0v) is 46.7.